The number of nitrogens with zero attached hydrogens (tertiary/aromatic N) is 1. The predicted molar refractivity (Wildman–Crippen MR) is 35.7 cm³/mol. The van der Waals surface area contributed by atoms with E-state index in [1.807, 2.05) is 19.9 Å². The quantitative estimate of drug-likeness (QED) is 0.430. The fourth-order valence-electron chi connectivity index (χ4n) is 0.288. The van der Waals surface area contributed by atoms with Gasteiger partial charge in [0.2, 0.25) is 0 Å². The first-order chi connectivity index (χ1) is 3.68. The molecule has 8 heavy (non-hydrogen) atoms. The number of allylic oxidation sites excluding steroid dienone is 2. The Morgan fingerprint density at radius 2 is 2.25 bits per heavy atom. The van der Waals surface area contributed by atoms with Crippen LogP contribution in [0.5, 0.6) is 0 Å². The molecule has 0 aliphatic carbocycles. The molecule has 2 nitrogen and oxygen atoms in total. The lowest BCUT2D eigenvalue weighted by molar-refractivity contribution is 0.495. The van der Waals surface area contributed by atoms with Gasteiger partial charge in [0.1, 0.15) is 0 Å². The van der Waals surface area contributed by atoms with E-state index in [9.17, 15) is 0 Å². The number of nitrogens with two attached hydrogens (primary N) is 1. The minimum Gasteiger partial charge on any atom is -0.292 e. The summed E-state index contributed by atoms with van der Waals surface area (Å²) >= 11 is 0. The van der Waals surface area contributed by atoms with Gasteiger partial charge in [0.05, 0.1) is 0 Å². The first kappa shape index (κ1) is 7.24. The van der Waals surface area contributed by atoms with Crippen molar-refractivity contribution in [2.75, 3.05) is 0 Å². The molecule has 0 fully saturated rings. The molecule has 0 aromatic heterocycles. The summed E-state index contributed by atoms with van der Waals surface area (Å²) in [6.07, 6.45) is 3.61. The highest BCUT2D eigenvalue weighted by Crippen LogP contribution is 1.91. The lowest BCUT2D eigenvalue weighted by Crippen LogP contribution is -2.21. The van der Waals surface area contributed by atoms with E-state index in [0.29, 0.717) is 0 Å². The van der Waals surface area contributed by atoms with Gasteiger partial charge in [-0.25, -0.2) is 5.84 Å². The fraction of sp³-hybridized carbons (Fsp3) is 0.333. The normalized spacial score (nSPS) is 9.88. The van der Waals surface area contributed by atoms with Gasteiger partial charge in [0.15, 0.2) is 0 Å². The molecule has 0 saturated carbocycles. The van der Waals surface area contributed by atoms with E-state index in [0.717, 1.165) is 5.70 Å². The van der Waals surface area contributed by atoms with Crippen molar-refractivity contribution in [1.82, 2.24) is 5.01 Å². The minimum atomic E-state index is 0.836. The summed E-state index contributed by atoms with van der Waals surface area (Å²) in [6, 6.07) is 0. The maximum absolute atomic E-state index is 5.37. The molecule has 0 aromatic rings. The Morgan fingerprint density at radius 1 is 1.75 bits per heavy atom. The number of rotatable bonds is 2. The van der Waals surface area contributed by atoms with Gasteiger partial charge in [-0.1, -0.05) is 12.7 Å². The molecule has 0 aliphatic heterocycles. The molecule has 2 heteroatoms. The third-order valence-electron chi connectivity index (χ3n) is 0.750. The molecule has 0 radical (unpaired) electrons. The van der Waals surface area contributed by atoms with Crippen molar-refractivity contribution in [1.29, 1.82) is 0 Å². The van der Waals surface area contributed by atoms with E-state index < -0.39 is 0 Å². The lowest BCUT2D eigenvalue weighted by atomic mass is 10.5. The van der Waals surface area contributed by atoms with Crippen LogP contribution in [0.1, 0.15) is 13.8 Å². The van der Waals surface area contributed by atoms with E-state index in [4.69, 9.17) is 5.84 Å². The van der Waals surface area contributed by atoms with Crippen LogP contribution in [0.25, 0.3) is 0 Å². The summed E-state index contributed by atoms with van der Waals surface area (Å²) < 4.78 is 0. The van der Waals surface area contributed by atoms with Crippen molar-refractivity contribution in [2.45, 2.75) is 13.8 Å². The second-order valence-corrected chi connectivity index (χ2v) is 1.62. The molecule has 0 aliphatic rings. The van der Waals surface area contributed by atoms with E-state index in [-0.39, 0.29) is 0 Å². The largest absolute Gasteiger partial charge is 0.292 e. The van der Waals surface area contributed by atoms with E-state index >= 15 is 0 Å². The summed E-state index contributed by atoms with van der Waals surface area (Å²) in [7, 11) is 0. The Labute approximate surface area is 50.3 Å². The summed E-state index contributed by atoms with van der Waals surface area (Å²) in [4.78, 5) is 0. The lowest BCUT2D eigenvalue weighted by Gasteiger charge is -2.10. The molecule has 0 heterocycles. The fourth-order valence-corrected chi connectivity index (χ4v) is 0.288. The highest BCUT2D eigenvalue weighted by molar-refractivity contribution is 4.92. The zero-order valence-corrected chi connectivity index (χ0v) is 5.39. The third kappa shape index (κ3) is 2.42. The zero-order chi connectivity index (χ0) is 6.57. The highest BCUT2D eigenvalue weighted by atomic mass is 15.4. The third-order valence-corrected chi connectivity index (χ3v) is 0.750. The summed E-state index contributed by atoms with van der Waals surface area (Å²) in [5.74, 6) is 5.37. The Bertz CT molecular complexity index is 105. The van der Waals surface area contributed by atoms with E-state index in [1.54, 1.807) is 6.20 Å². The Kier molecular flexibility index (Phi) is 2.96. The van der Waals surface area contributed by atoms with Crippen molar-refractivity contribution in [3.8, 4) is 0 Å². The van der Waals surface area contributed by atoms with Crippen molar-refractivity contribution < 1.29 is 0 Å². The van der Waals surface area contributed by atoms with Crippen LogP contribution in [-0.2, 0) is 0 Å². The van der Waals surface area contributed by atoms with Gasteiger partial charge in [0.25, 0.3) is 0 Å². The first-order valence-corrected chi connectivity index (χ1v) is 2.50. The van der Waals surface area contributed by atoms with E-state index in [1.165, 1.54) is 5.01 Å². The van der Waals surface area contributed by atoms with Gasteiger partial charge < -0.3 is 0 Å². The topological polar surface area (TPSA) is 29.3 Å². The Balaban J connectivity index is 3.64. The summed E-state index contributed by atoms with van der Waals surface area (Å²) in [5.41, 5.74) is 0.836. The van der Waals surface area contributed by atoms with Crippen molar-refractivity contribution in [2.24, 2.45) is 5.84 Å². The molecule has 0 atom stereocenters. The van der Waals surface area contributed by atoms with Gasteiger partial charge in [-0.2, -0.15) is 0 Å². The highest BCUT2D eigenvalue weighted by Gasteiger charge is 1.85. The molecule has 0 amide bonds. The average molecular weight is 112 g/mol. The molecule has 46 valence electrons. The van der Waals surface area contributed by atoms with Gasteiger partial charge in [0, 0.05) is 11.9 Å². The van der Waals surface area contributed by atoms with Crippen LogP contribution < -0.4 is 5.84 Å². The van der Waals surface area contributed by atoms with Gasteiger partial charge in [-0.15, -0.1) is 0 Å². The second kappa shape index (κ2) is 3.27. The number of hydrogen-bond acceptors (Lipinski definition) is 2. The Hall–Kier alpha value is -0.760. The number of hydrogen-bond donors (Lipinski definition) is 1. The van der Waals surface area contributed by atoms with Gasteiger partial charge >= 0.3 is 0 Å². The van der Waals surface area contributed by atoms with Gasteiger partial charge in [-0.3, -0.25) is 5.01 Å². The smallest absolute Gasteiger partial charge is 0.0239 e. The maximum Gasteiger partial charge on any atom is 0.0239 e. The zero-order valence-electron chi connectivity index (χ0n) is 5.39. The van der Waals surface area contributed by atoms with Crippen molar-refractivity contribution in [3.63, 3.8) is 0 Å². The van der Waals surface area contributed by atoms with E-state index in [2.05, 4.69) is 6.58 Å². The predicted octanol–water partition coefficient (Wildman–Crippen LogP) is 1.23. The van der Waals surface area contributed by atoms with Crippen LogP contribution >= 0.6 is 0 Å². The van der Waals surface area contributed by atoms with Crippen molar-refractivity contribution >= 4 is 0 Å². The maximum atomic E-state index is 5.37. The van der Waals surface area contributed by atoms with Crippen molar-refractivity contribution in [3.05, 3.63) is 24.6 Å². The van der Waals surface area contributed by atoms with Crippen LogP contribution in [-0.4, -0.2) is 5.01 Å². The summed E-state index contributed by atoms with van der Waals surface area (Å²) in [5, 5.41) is 1.47. The first-order valence-electron chi connectivity index (χ1n) is 2.50. The molecular formula is C6H12N2. The molecule has 0 rings (SSSR count). The van der Waals surface area contributed by atoms with Crippen LogP contribution in [0.15, 0.2) is 24.6 Å². The molecule has 0 aromatic carbocycles. The number of hydrazine groups is 1. The van der Waals surface area contributed by atoms with Crippen LogP contribution in [0.4, 0.5) is 0 Å². The molecule has 0 spiro atoms. The van der Waals surface area contributed by atoms with Crippen LogP contribution in [0.2, 0.25) is 0 Å². The van der Waals surface area contributed by atoms with Crippen LogP contribution in [0, 0.1) is 0 Å². The average Bonchev–Trinajstić information content (AvgIpc) is 1.67. The second-order valence-electron chi connectivity index (χ2n) is 1.62. The van der Waals surface area contributed by atoms with Gasteiger partial charge in [-0.05, 0) is 13.8 Å². The summed E-state index contributed by atoms with van der Waals surface area (Å²) in [6.45, 7) is 7.38. The minimum absolute atomic E-state index is 0.836. The molecule has 0 saturated heterocycles. The molecule has 0 bridgehead atoms. The molecule has 2 N–H and O–H groups in total. The Morgan fingerprint density at radius 3 is 2.38 bits per heavy atom. The SMILES string of the molecule is C=C(C)N(N)C=CC. The molecular weight excluding hydrogens is 100 g/mol. The van der Waals surface area contributed by atoms with Crippen LogP contribution in [0.3, 0.4) is 0 Å². The standard InChI is InChI=1S/C6H12N2/c1-4-5-8(7)6(2)3/h4-5H,2,7H2,1,3H3. The molecule has 0 unspecified atom stereocenters. The monoisotopic (exact) mass is 112 g/mol.